The summed E-state index contributed by atoms with van der Waals surface area (Å²) in [4.78, 5) is 0. The van der Waals surface area contributed by atoms with Crippen molar-refractivity contribution in [3.8, 4) is 5.75 Å². The summed E-state index contributed by atoms with van der Waals surface area (Å²) in [5, 5.41) is 10.7. The second-order valence-electron chi connectivity index (χ2n) is 4.30. The standard InChI is InChI=1S/C12H15Cl2NO2.ClH/c13-8-5-9(14)11(10(16)6-8)12(15)7-1-3-17-4-2-7;/h5-7,12,16H,1-4,15H2;1H/t12-;/m1./s1. The van der Waals surface area contributed by atoms with Gasteiger partial charge in [-0.3, -0.25) is 0 Å². The lowest BCUT2D eigenvalue weighted by Gasteiger charge is -2.28. The molecule has 0 aliphatic carbocycles. The number of nitrogens with two attached hydrogens (primary N) is 1. The summed E-state index contributed by atoms with van der Waals surface area (Å²) in [5.74, 6) is 0.356. The van der Waals surface area contributed by atoms with Crippen LogP contribution >= 0.6 is 35.6 Å². The van der Waals surface area contributed by atoms with Crippen LogP contribution in [0.3, 0.4) is 0 Å². The average molecular weight is 313 g/mol. The molecule has 3 nitrogen and oxygen atoms in total. The van der Waals surface area contributed by atoms with Gasteiger partial charge in [0.2, 0.25) is 0 Å². The van der Waals surface area contributed by atoms with Crippen molar-refractivity contribution in [2.45, 2.75) is 18.9 Å². The van der Waals surface area contributed by atoms with Crippen molar-refractivity contribution >= 4 is 35.6 Å². The maximum absolute atomic E-state index is 9.89. The lowest BCUT2D eigenvalue weighted by Crippen LogP contribution is -2.27. The third-order valence-electron chi connectivity index (χ3n) is 3.18. The number of halogens is 3. The van der Waals surface area contributed by atoms with Gasteiger partial charge in [-0.25, -0.2) is 0 Å². The van der Waals surface area contributed by atoms with Crippen molar-refractivity contribution in [2.75, 3.05) is 13.2 Å². The van der Waals surface area contributed by atoms with E-state index in [1.165, 1.54) is 6.07 Å². The minimum absolute atomic E-state index is 0. The van der Waals surface area contributed by atoms with Gasteiger partial charge in [0, 0.05) is 29.8 Å². The Kier molecular flexibility index (Phi) is 6.02. The van der Waals surface area contributed by atoms with Crippen molar-refractivity contribution in [2.24, 2.45) is 11.7 Å². The van der Waals surface area contributed by atoms with Gasteiger partial charge in [-0.2, -0.15) is 0 Å². The second-order valence-corrected chi connectivity index (χ2v) is 5.14. The highest BCUT2D eigenvalue weighted by Gasteiger charge is 2.26. The number of rotatable bonds is 2. The highest BCUT2D eigenvalue weighted by molar-refractivity contribution is 6.35. The second kappa shape index (κ2) is 6.83. The highest BCUT2D eigenvalue weighted by Crippen LogP contribution is 2.38. The largest absolute Gasteiger partial charge is 0.508 e. The molecule has 102 valence electrons. The molecule has 0 radical (unpaired) electrons. The summed E-state index contributed by atoms with van der Waals surface area (Å²) in [5.41, 5.74) is 6.76. The SMILES string of the molecule is Cl.N[C@@H](c1c(O)cc(Cl)cc1Cl)C1CCOCC1. The van der Waals surface area contributed by atoms with Crippen LogP contribution in [0.4, 0.5) is 0 Å². The van der Waals surface area contributed by atoms with E-state index in [1.807, 2.05) is 0 Å². The summed E-state index contributed by atoms with van der Waals surface area (Å²) in [6, 6.07) is 2.81. The molecule has 3 N–H and O–H groups in total. The smallest absolute Gasteiger partial charge is 0.123 e. The van der Waals surface area contributed by atoms with Crippen molar-refractivity contribution in [3.63, 3.8) is 0 Å². The summed E-state index contributed by atoms with van der Waals surface area (Å²) in [6.45, 7) is 1.43. The van der Waals surface area contributed by atoms with Gasteiger partial charge in [-0.05, 0) is 30.9 Å². The van der Waals surface area contributed by atoms with Crippen LogP contribution in [-0.4, -0.2) is 18.3 Å². The van der Waals surface area contributed by atoms with E-state index in [1.54, 1.807) is 6.07 Å². The minimum atomic E-state index is -0.274. The molecule has 1 heterocycles. The molecule has 0 spiro atoms. The molecule has 0 amide bonds. The summed E-state index contributed by atoms with van der Waals surface area (Å²) in [6.07, 6.45) is 1.78. The van der Waals surface area contributed by atoms with Crippen LogP contribution in [0.5, 0.6) is 5.75 Å². The first-order valence-corrected chi connectivity index (χ1v) is 6.36. The third-order valence-corrected chi connectivity index (χ3v) is 3.71. The number of phenolic OH excluding ortho intramolecular Hbond substituents is 1. The molecule has 1 aromatic rings. The Balaban J connectivity index is 0.00000162. The maximum atomic E-state index is 9.89. The van der Waals surface area contributed by atoms with Gasteiger partial charge in [0.25, 0.3) is 0 Å². The van der Waals surface area contributed by atoms with Crippen LogP contribution < -0.4 is 5.73 Å². The average Bonchev–Trinajstić information content (AvgIpc) is 2.28. The molecule has 1 aliphatic heterocycles. The van der Waals surface area contributed by atoms with Crippen LogP contribution in [0.1, 0.15) is 24.4 Å². The Morgan fingerprint density at radius 2 is 1.89 bits per heavy atom. The molecule has 0 unspecified atom stereocenters. The van der Waals surface area contributed by atoms with Gasteiger partial charge in [0.05, 0.1) is 5.02 Å². The molecule has 1 saturated heterocycles. The summed E-state index contributed by atoms with van der Waals surface area (Å²) < 4.78 is 5.29. The predicted molar refractivity (Wildman–Crippen MR) is 75.8 cm³/mol. The number of ether oxygens (including phenoxy) is 1. The van der Waals surface area contributed by atoms with Gasteiger partial charge in [0.1, 0.15) is 5.75 Å². The molecule has 0 aromatic heterocycles. The Bertz CT molecular complexity index is 385. The highest BCUT2D eigenvalue weighted by atomic mass is 35.5. The number of phenols is 1. The molecule has 18 heavy (non-hydrogen) atoms. The zero-order valence-electron chi connectivity index (χ0n) is 9.73. The zero-order valence-corrected chi connectivity index (χ0v) is 12.1. The Morgan fingerprint density at radius 3 is 2.44 bits per heavy atom. The van der Waals surface area contributed by atoms with E-state index in [4.69, 9.17) is 33.7 Å². The normalized spacial score (nSPS) is 18.2. The van der Waals surface area contributed by atoms with Crippen molar-refractivity contribution < 1.29 is 9.84 Å². The maximum Gasteiger partial charge on any atom is 0.123 e. The van der Waals surface area contributed by atoms with E-state index in [2.05, 4.69) is 0 Å². The topological polar surface area (TPSA) is 55.5 Å². The van der Waals surface area contributed by atoms with E-state index in [0.29, 0.717) is 28.8 Å². The van der Waals surface area contributed by atoms with Gasteiger partial charge in [0.15, 0.2) is 0 Å². The number of hydrogen-bond acceptors (Lipinski definition) is 3. The lowest BCUT2D eigenvalue weighted by atomic mass is 9.87. The molecule has 1 aliphatic rings. The molecule has 6 heteroatoms. The Morgan fingerprint density at radius 1 is 1.28 bits per heavy atom. The van der Waals surface area contributed by atoms with Crippen LogP contribution in [-0.2, 0) is 4.74 Å². The zero-order chi connectivity index (χ0) is 12.4. The molecule has 1 atom stereocenters. The van der Waals surface area contributed by atoms with E-state index in [-0.39, 0.29) is 30.1 Å². The summed E-state index contributed by atoms with van der Waals surface area (Å²) >= 11 is 11.9. The minimum Gasteiger partial charge on any atom is -0.508 e. The van der Waals surface area contributed by atoms with Gasteiger partial charge >= 0.3 is 0 Å². The van der Waals surface area contributed by atoms with Gasteiger partial charge in [-0.1, -0.05) is 23.2 Å². The first kappa shape index (κ1) is 15.9. The van der Waals surface area contributed by atoms with Gasteiger partial charge < -0.3 is 15.6 Å². The van der Waals surface area contributed by atoms with Gasteiger partial charge in [-0.15, -0.1) is 12.4 Å². The van der Waals surface area contributed by atoms with Crippen molar-refractivity contribution in [3.05, 3.63) is 27.7 Å². The van der Waals surface area contributed by atoms with Crippen LogP contribution in [0.25, 0.3) is 0 Å². The molecule has 1 fully saturated rings. The van der Waals surface area contributed by atoms with E-state index < -0.39 is 0 Å². The van der Waals surface area contributed by atoms with E-state index >= 15 is 0 Å². The Hall–Kier alpha value is -0.190. The molecule has 1 aromatic carbocycles. The lowest BCUT2D eigenvalue weighted by molar-refractivity contribution is 0.0581. The Labute approximate surface area is 123 Å². The quantitative estimate of drug-likeness (QED) is 0.878. The number of aromatic hydroxyl groups is 1. The van der Waals surface area contributed by atoms with Crippen LogP contribution in [0.15, 0.2) is 12.1 Å². The van der Waals surface area contributed by atoms with Crippen LogP contribution in [0, 0.1) is 5.92 Å². The van der Waals surface area contributed by atoms with Crippen LogP contribution in [0.2, 0.25) is 10.0 Å². The third kappa shape index (κ3) is 3.43. The first-order valence-electron chi connectivity index (χ1n) is 5.61. The fourth-order valence-corrected chi connectivity index (χ4v) is 2.82. The van der Waals surface area contributed by atoms with E-state index in [0.717, 1.165) is 12.8 Å². The molecule has 0 saturated carbocycles. The number of benzene rings is 1. The molecular formula is C12H16Cl3NO2. The van der Waals surface area contributed by atoms with E-state index in [9.17, 15) is 5.11 Å². The monoisotopic (exact) mass is 311 g/mol. The van der Waals surface area contributed by atoms with Crippen molar-refractivity contribution in [1.29, 1.82) is 0 Å². The van der Waals surface area contributed by atoms with Crippen molar-refractivity contribution in [1.82, 2.24) is 0 Å². The predicted octanol–water partition coefficient (Wildman–Crippen LogP) is 3.55. The molecule has 2 rings (SSSR count). The summed E-state index contributed by atoms with van der Waals surface area (Å²) in [7, 11) is 0. The molecule has 0 bridgehead atoms. The number of hydrogen-bond donors (Lipinski definition) is 2. The fraction of sp³-hybridized carbons (Fsp3) is 0.500. The fourth-order valence-electron chi connectivity index (χ4n) is 2.21. The first-order chi connectivity index (χ1) is 8.09. The molecular weight excluding hydrogens is 296 g/mol.